The standard InChI is InChI=1S/C17H34O12Si8/c1-11-16-12-14-17(15-13-16)37-27-34(8)21-31(5,18-2)22-35(9,28-37)24-33(7)20-30(3,4)19-32(6,23-34)25-36(10,26-33)29-37/h11-15H,1H2,2-10H3. The highest BCUT2D eigenvalue weighted by Gasteiger charge is 2.76. The first kappa shape index (κ1) is 28.7. The van der Waals surface area contributed by atoms with Crippen molar-refractivity contribution >= 4 is 81.5 Å². The normalized spacial score (nSPS) is 49.2. The molecule has 0 saturated carbocycles. The van der Waals surface area contributed by atoms with E-state index in [0.717, 1.165) is 5.56 Å². The second-order valence-corrected chi connectivity index (χ2v) is 34.5. The fraction of sp³-hybridized carbons (Fsp3) is 0.529. The van der Waals surface area contributed by atoms with E-state index in [0.29, 0.717) is 5.19 Å². The molecule has 4 heterocycles. The van der Waals surface area contributed by atoms with Gasteiger partial charge in [-0.2, -0.15) is 0 Å². The second kappa shape index (κ2) is 8.86. The Bertz CT molecular complexity index is 1050. The zero-order valence-electron chi connectivity index (χ0n) is 22.5. The Balaban J connectivity index is 1.79. The van der Waals surface area contributed by atoms with Gasteiger partial charge < -0.3 is 49.7 Å². The second-order valence-electron chi connectivity index (χ2n) is 10.3. The third-order valence-electron chi connectivity index (χ3n) is 5.92. The summed E-state index contributed by atoms with van der Waals surface area (Å²) in [6.07, 6.45) is 1.75. The third-order valence-corrected chi connectivity index (χ3v) is 40.1. The molecule has 12 nitrogen and oxygen atoms in total. The van der Waals surface area contributed by atoms with Crippen molar-refractivity contribution in [2.75, 3.05) is 7.11 Å². The van der Waals surface area contributed by atoms with Crippen molar-refractivity contribution < 1.29 is 49.7 Å². The lowest BCUT2D eigenvalue weighted by Crippen LogP contribution is -2.84. The van der Waals surface area contributed by atoms with Gasteiger partial charge in [0.15, 0.2) is 0 Å². The van der Waals surface area contributed by atoms with Crippen LogP contribution in [0.4, 0.5) is 0 Å². The Morgan fingerprint density at radius 3 is 1.32 bits per heavy atom. The van der Waals surface area contributed by atoms with Crippen LogP contribution in [0.2, 0.25) is 52.4 Å². The van der Waals surface area contributed by atoms with Gasteiger partial charge >= 0.3 is 70.2 Å². The van der Waals surface area contributed by atoms with Gasteiger partial charge in [0.1, 0.15) is 0 Å². The van der Waals surface area contributed by atoms with Crippen molar-refractivity contribution in [1.82, 2.24) is 0 Å². The Labute approximate surface area is 226 Å². The molecule has 4 fully saturated rings. The van der Waals surface area contributed by atoms with E-state index in [9.17, 15) is 0 Å². The summed E-state index contributed by atoms with van der Waals surface area (Å²) < 4.78 is 79.7. The summed E-state index contributed by atoms with van der Waals surface area (Å²) in [5.74, 6) is 0. The molecule has 4 unspecified atom stereocenters. The highest BCUT2D eigenvalue weighted by atomic mass is 28.6. The van der Waals surface area contributed by atoms with Crippen LogP contribution < -0.4 is 5.19 Å². The Kier molecular flexibility index (Phi) is 6.88. The highest BCUT2D eigenvalue weighted by Crippen LogP contribution is 2.44. The Morgan fingerprint density at radius 2 is 0.946 bits per heavy atom. The van der Waals surface area contributed by atoms with E-state index in [2.05, 4.69) is 6.58 Å². The summed E-state index contributed by atoms with van der Waals surface area (Å²) in [7, 11) is -26.9. The maximum atomic E-state index is 6.90. The summed E-state index contributed by atoms with van der Waals surface area (Å²) >= 11 is 0. The Hall–Kier alpha value is 0.215. The van der Waals surface area contributed by atoms with Gasteiger partial charge in [0.25, 0.3) is 0 Å². The van der Waals surface area contributed by atoms with E-state index in [4.69, 9.17) is 49.7 Å². The summed E-state index contributed by atoms with van der Waals surface area (Å²) in [6.45, 7) is 18.2. The monoisotopic (exact) mass is 654 g/mol. The van der Waals surface area contributed by atoms with Crippen LogP contribution in [0.5, 0.6) is 0 Å². The molecule has 0 radical (unpaired) electrons. The molecule has 4 saturated heterocycles. The summed E-state index contributed by atoms with van der Waals surface area (Å²) in [6, 6.07) is 7.56. The lowest BCUT2D eigenvalue weighted by molar-refractivity contribution is 0.0109. The molecule has 6 bridgehead atoms. The topological polar surface area (TPSA) is 111 Å². The molecular formula is C17H34O12Si8. The average Bonchev–Trinajstić information content (AvgIpc) is 2.67. The minimum absolute atomic E-state index is 0.660. The first-order valence-electron chi connectivity index (χ1n) is 11.9. The van der Waals surface area contributed by atoms with Gasteiger partial charge in [0, 0.05) is 51.6 Å². The van der Waals surface area contributed by atoms with Crippen molar-refractivity contribution in [3.8, 4) is 0 Å². The van der Waals surface area contributed by atoms with Gasteiger partial charge in [-0.25, -0.2) is 0 Å². The van der Waals surface area contributed by atoms with E-state index in [-0.39, 0.29) is 0 Å². The minimum Gasteiger partial charge on any atom is -0.395 e. The fourth-order valence-electron chi connectivity index (χ4n) is 5.15. The van der Waals surface area contributed by atoms with Crippen LogP contribution in [-0.4, -0.2) is 77.3 Å². The first-order valence-corrected chi connectivity index (χ1v) is 29.8. The third kappa shape index (κ3) is 5.57. The average molecular weight is 655 g/mol. The van der Waals surface area contributed by atoms with Crippen LogP contribution in [0.1, 0.15) is 5.56 Å². The van der Waals surface area contributed by atoms with Crippen LogP contribution in [0, 0.1) is 0 Å². The zero-order valence-corrected chi connectivity index (χ0v) is 30.5. The van der Waals surface area contributed by atoms with Crippen molar-refractivity contribution in [3.63, 3.8) is 0 Å². The lowest BCUT2D eigenvalue weighted by Gasteiger charge is -2.57. The largest absolute Gasteiger partial charge is 0.515 e. The molecule has 5 rings (SSSR count). The quantitative estimate of drug-likeness (QED) is 0.447. The Morgan fingerprint density at radius 1 is 0.568 bits per heavy atom. The van der Waals surface area contributed by atoms with Gasteiger partial charge in [-0.15, -0.1) is 0 Å². The molecule has 4 aliphatic heterocycles. The highest BCUT2D eigenvalue weighted by molar-refractivity contribution is 7.02. The van der Waals surface area contributed by atoms with E-state index in [1.165, 1.54) is 7.11 Å². The van der Waals surface area contributed by atoms with Gasteiger partial charge in [0.2, 0.25) is 0 Å². The lowest BCUT2D eigenvalue weighted by atomic mass is 10.2. The molecule has 1 aromatic carbocycles. The van der Waals surface area contributed by atoms with E-state index < -0.39 is 70.2 Å². The fourth-order valence-corrected chi connectivity index (χ4v) is 47.8. The van der Waals surface area contributed by atoms with Crippen molar-refractivity contribution in [3.05, 3.63) is 36.4 Å². The van der Waals surface area contributed by atoms with E-state index in [1.54, 1.807) is 45.4 Å². The molecule has 0 aromatic heterocycles. The number of hydrogen-bond acceptors (Lipinski definition) is 12. The van der Waals surface area contributed by atoms with E-state index >= 15 is 0 Å². The zero-order chi connectivity index (χ0) is 27.2. The van der Waals surface area contributed by atoms with Crippen LogP contribution in [0.3, 0.4) is 0 Å². The summed E-state index contributed by atoms with van der Waals surface area (Å²) in [5, 5.41) is 0.660. The smallest absolute Gasteiger partial charge is 0.395 e. The van der Waals surface area contributed by atoms with Gasteiger partial charge in [-0.05, 0) is 18.7 Å². The minimum atomic E-state index is -3.94. The molecule has 0 spiro atoms. The molecular weight excluding hydrogens is 621 g/mol. The number of benzene rings is 1. The number of rotatable bonds is 3. The molecule has 20 heteroatoms. The SMILES string of the molecule is C=Cc1ccc([Si]23O[Si]4(C)O[Si](C)(OC)O[Si](C)(O[Si]5(C)O[Si](C)(C)O[Si](C)(O4)O[Si](C)(O5)O2)O3)cc1. The molecule has 4 atom stereocenters. The first-order chi connectivity index (χ1) is 16.9. The van der Waals surface area contributed by atoms with Crippen molar-refractivity contribution in [2.24, 2.45) is 0 Å². The maximum absolute atomic E-state index is 6.90. The molecule has 1 aromatic rings. The molecule has 0 aliphatic carbocycles. The molecule has 37 heavy (non-hydrogen) atoms. The molecule has 0 amide bonds. The number of fused-ring (bicyclic) bond motifs is 4. The van der Waals surface area contributed by atoms with Crippen LogP contribution >= 0.6 is 0 Å². The predicted molar refractivity (Wildman–Crippen MR) is 148 cm³/mol. The van der Waals surface area contributed by atoms with Gasteiger partial charge in [-0.3, -0.25) is 0 Å². The number of hydrogen-bond donors (Lipinski definition) is 0. The van der Waals surface area contributed by atoms with Gasteiger partial charge in [0.05, 0.1) is 0 Å². The molecule has 4 aliphatic rings. The van der Waals surface area contributed by atoms with Crippen molar-refractivity contribution in [1.29, 1.82) is 0 Å². The van der Waals surface area contributed by atoms with E-state index in [1.807, 2.05) is 37.4 Å². The van der Waals surface area contributed by atoms with Crippen LogP contribution in [0.25, 0.3) is 6.08 Å². The summed E-state index contributed by atoms with van der Waals surface area (Å²) in [4.78, 5) is 0. The molecule has 206 valence electrons. The van der Waals surface area contributed by atoms with Crippen LogP contribution in [-0.2, 0) is 49.7 Å². The predicted octanol–water partition coefficient (Wildman–Crippen LogP) is 2.47. The van der Waals surface area contributed by atoms with Crippen LogP contribution in [0.15, 0.2) is 30.8 Å². The maximum Gasteiger partial charge on any atom is 0.515 e. The van der Waals surface area contributed by atoms with Crippen molar-refractivity contribution in [2.45, 2.75) is 52.4 Å². The molecule has 0 N–H and O–H groups in total. The van der Waals surface area contributed by atoms with Gasteiger partial charge in [-0.1, -0.05) is 36.9 Å². The summed E-state index contributed by atoms with van der Waals surface area (Å²) in [5.41, 5.74) is 0.924.